The lowest BCUT2D eigenvalue weighted by Gasteiger charge is -1.97. The molecule has 18 heavy (non-hydrogen) atoms. The van der Waals surface area contributed by atoms with Crippen molar-refractivity contribution in [2.24, 2.45) is 0 Å². The van der Waals surface area contributed by atoms with E-state index in [-0.39, 0.29) is 0 Å². The van der Waals surface area contributed by atoms with Crippen molar-refractivity contribution < 1.29 is 13.6 Å². The molecule has 3 nitrogen and oxygen atoms in total. The fourth-order valence-electron chi connectivity index (χ4n) is 2.31. The van der Waals surface area contributed by atoms with E-state index in [1.165, 1.54) is 0 Å². The van der Waals surface area contributed by atoms with Crippen LogP contribution >= 0.6 is 0 Å². The van der Waals surface area contributed by atoms with Gasteiger partial charge in [0, 0.05) is 16.5 Å². The molecule has 0 aliphatic heterocycles. The van der Waals surface area contributed by atoms with Crippen LogP contribution in [0.4, 0.5) is 0 Å². The summed E-state index contributed by atoms with van der Waals surface area (Å²) in [6, 6.07) is 9.60. The van der Waals surface area contributed by atoms with Gasteiger partial charge in [0.1, 0.15) is 17.1 Å². The summed E-state index contributed by atoms with van der Waals surface area (Å²) in [4.78, 5) is 10.8. The van der Waals surface area contributed by atoms with Crippen LogP contribution in [0.25, 0.3) is 22.1 Å². The molecule has 0 atom stereocenters. The molecule has 2 heterocycles. The molecule has 3 heteroatoms. The van der Waals surface area contributed by atoms with Crippen molar-refractivity contribution in [3.05, 3.63) is 47.6 Å². The van der Waals surface area contributed by atoms with Gasteiger partial charge in [-0.2, -0.15) is 0 Å². The Kier molecular flexibility index (Phi) is 2.33. The van der Waals surface area contributed by atoms with Gasteiger partial charge in [0.15, 0.2) is 12.0 Å². The normalized spacial score (nSPS) is 11.0. The van der Waals surface area contributed by atoms with Crippen LogP contribution < -0.4 is 0 Å². The predicted octanol–water partition coefficient (Wildman–Crippen LogP) is 4.12. The molecular formula is C15H12O3. The number of aldehydes is 1. The van der Waals surface area contributed by atoms with Crippen molar-refractivity contribution in [1.82, 2.24) is 0 Å². The van der Waals surface area contributed by atoms with Crippen molar-refractivity contribution in [1.29, 1.82) is 0 Å². The maximum atomic E-state index is 10.8. The molecule has 0 amide bonds. The Labute approximate surface area is 104 Å². The van der Waals surface area contributed by atoms with E-state index in [0.717, 1.165) is 33.6 Å². The zero-order valence-corrected chi connectivity index (χ0v) is 10.2. The largest absolute Gasteiger partial charge is 0.461 e. The van der Waals surface area contributed by atoms with Crippen molar-refractivity contribution >= 4 is 17.3 Å². The number of hydrogen-bond acceptors (Lipinski definition) is 3. The second-order valence-corrected chi connectivity index (χ2v) is 4.27. The average molecular weight is 240 g/mol. The van der Waals surface area contributed by atoms with E-state index >= 15 is 0 Å². The van der Waals surface area contributed by atoms with Crippen molar-refractivity contribution in [2.75, 3.05) is 0 Å². The number of fused-ring (bicyclic) bond motifs is 1. The van der Waals surface area contributed by atoms with E-state index in [9.17, 15) is 4.79 Å². The molecule has 1 aromatic carbocycles. The molecule has 3 rings (SSSR count). The van der Waals surface area contributed by atoms with E-state index in [4.69, 9.17) is 8.83 Å². The van der Waals surface area contributed by atoms with E-state index in [1.54, 1.807) is 6.07 Å². The molecule has 0 spiro atoms. The van der Waals surface area contributed by atoms with Gasteiger partial charge in [0.2, 0.25) is 0 Å². The maximum Gasteiger partial charge on any atom is 0.185 e. The number of rotatable bonds is 2. The van der Waals surface area contributed by atoms with E-state index in [2.05, 4.69) is 0 Å². The second kappa shape index (κ2) is 3.88. The molecule has 0 saturated heterocycles. The Balaban J connectivity index is 2.33. The van der Waals surface area contributed by atoms with Gasteiger partial charge in [-0.25, -0.2) is 0 Å². The molecule has 0 unspecified atom stereocenters. The highest BCUT2D eigenvalue weighted by Gasteiger charge is 2.17. The Hall–Kier alpha value is -2.29. The third-order valence-electron chi connectivity index (χ3n) is 3.09. The van der Waals surface area contributed by atoms with Crippen LogP contribution in [0.5, 0.6) is 0 Å². The number of hydrogen-bond donors (Lipinski definition) is 0. The van der Waals surface area contributed by atoms with Gasteiger partial charge in [-0.3, -0.25) is 4.79 Å². The fraction of sp³-hybridized carbons (Fsp3) is 0.133. The first-order chi connectivity index (χ1) is 8.70. The van der Waals surface area contributed by atoms with Crippen LogP contribution in [-0.2, 0) is 0 Å². The number of benzene rings is 1. The van der Waals surface area contributed by atoms with Gasteiger partial charge >= 0.3 is 0 Å². The smallest absolute Gasteiger partial charge is 0.185 e. The summed E-state index contributed by atoms with van der Waals surface area (Å²) in [6.07, 6.45) is 0.716. The number of aryl methyl sites for hydroxylation is 2. The lowest BCUT2D eigenvalue weighted by molar-refractivity contribution is 0.109. The van der Waals surface area contributed by atoms with Crippen LogP contribution in [0.3, 0.4) is 0 Å². The second-order valence-electron chi connectivity index (χ2n) is 4.27. The Morgan fingerprint density at radius 3 is 2.56 bits per heavy atom. The Bertz CT molecular complexity index is 731. The summed E-state index contributed by atoms with van der Waals surface area (Å²) in [5.74, 6) is 1.90. The zero-order chi connectivity index (χ0) is 12.7. The molecule has 90 valence electrons. The molecule has 0 radical (unpaired) electrons. The van der Waals surface area contributed by atoms with Gasteiger partial charge in [0.25, 0.3) is 0 Å². The van der Waals surface area contributed by atoms with Crippen LogP contribution in [0.15, 0.2) is 39.2 Å². The number of para-hydroxylation sites is 1. The first-order valence-corrected chi connectivity index (χ1v) is 5.75. The molecule has 0 aliphatic rings. The molecule has 0 saturated carbocycles. The Morgan fingerprint density at radius 1 is 1.06 bits per heavy atom. The van der Waals surface area contributed by atoms with Crippen molar-refractivity contribution in [3.63, 3.8) is 0 Å². The lowest BCUT2D eigenvalue weighted by Crippen LogP contribution is -1.78. The standard InChI is InChI=1S/C15H12O3/c1-9-13(7-11(8-16)17-9)15-10(2)18-14-6-4-3-5-12(14)15/h3-8H,1-2H3. The van der Waals surface area contributed by atoms with Crippen LogP contribution in [0, 0.1) is 13.8 Å². The van der Waals surface area contributed by atoms with Gasteiger partial charge in [0.05, 0.1) is 0 Å². The zero-order valence-electron chi connectivity index (χ0n) is 10.2. The van der Waals surface area contributed by atoms with Gasteiger partial charge < -0.3 is 8.83 Å². The Morgan fingerprint density at radius 2 is 1.83 bits per heavy atom. The van der Waals surface area contributed by atoms with Crippen LogP contribution in [-0.4, -0.2) is 6.29 Å². The van der Waals surface area contributed by atoms with Gasteiger partial charge in [-0.05, 0) is 26.0 Å². The number of carbonyl (C=O) groups is 1. The lowest BCUT2D eigenvalue weighted by atomic mass is 10.0. The summed E-state index contributed by atoms with van der Waals surface area (Å²) in [6.45, 7) is 3.77. The highest BCUT2D eigenvalue weighted by Crippen LogP contribution is 2.37. The van der Waals surface area contributed by atoms with E-state index in [0.29, 0.717) is 12.0 Å². The molecule has 0 aliphatic carbocycles. The fourth-order valence-corrected chi connectivity index (χ4v) is 2.31. The molecule has 2 aromatic heterocycles. The number of furan rings is 2. The summed E-state index contributed by atoms with van der Waals surface area (Å²) in [5, 5.41) is 1.04. The third kappa shape index (κ3) is 1.48. The summed E-state index contributed by atoms with van der Waals surface area (Å²) in [7, 11) is 0. The highest BCUT2D eigenvalue weighted by atomic mass is 16.3. The summed E-state index contributed by atoms with van der Waals surface area (Å²) >= 11 is 0. The minimum Gasteiger partial charge on any atom is -0.461 e. The maximum absolute atomic E-state index is 10.8. The van der Waals surface area contributed by atoms with E-state index in [1.807, 2.05) is 38.1 Å². The molecule has 0 fully saturated rings. The van der Waals surface area contributed by atoms with Crippen LogP contribution in [0.1, 0.15) is 22.1 Å². The minimum absolute atomic E-state index is 0.340. The SMILES string of the molecule is Cc1oc(C=O)cc1-c1c(C)oc2ccccc12. The quantitative estimate of drug-likeness (QED) is 0.633. The number of carbonyl (C=O) groups excluding carboxylic acids is 1. The minimum atomic E-state index is 0.340. The van der Waals surface area contributed by atoms with Crippen molar-refractivity contribution in [2.45, 2.75) is 13.8 Å². The first-order valence-electron chi connectivity index (χ1n) is 5.75. The molecule has 0 bridgehead atoms. The topological polar surface area (TPSA) is 43.4 Å². The molecular weight excluding hydrogens is 228 g/mol. The predicted molar refractivity (Wildman–Crippen MR) is 68.8 cm³/mol. The molecule has 0 N–H and O–H groups in total. The first kappa shape index (κ1) is 10.8. The summed E-state index contributed by atoms with van der Waals surface area (Å²) < 4.78 is 11.1. The average Bonchev–Trinajstić information content (AvgIpc) is 2.88. The molecule has 3 aromatic rings. The monoisotopic (exact) mass is 240 g/mol. The van der Waals surface area contributed by atoms with Crippen molar-refractivity contribution in [3.8, 4) is 11.1 Å². The third-order valence-corrected chi connectivity index (χ3v) is 3.09. The van der Waals surface area contributed by atoms with Gasteiger partial charge in [-0.15, -0.1) is 0 Å². The highest BCUT2D eigenvalue weighted by molar-refractivity contribution is 5.96. The van der Waals surface area contributed by atoms with Gasteiger partial charge in [-0.1, -0.05) is 18.2 Å². The van der Waals surface area contributed by atoms with E-state index < -0.39 is 0 Å². The van der Waals surface area contributed by atoms with Crippen LogP contribution in [0.2, 0.25) is 0 Å². The summed E-state index contributed by atoms with van der Waals surface area (Å²) in [5.41, 5.74) is 2.76.